The Hall–Kier alpha value is -2.73. The monoisotopic (exact) mass is 398 g/mol. The minimum atomic E-state index is -0.293. The van der Waals surface area contributed by atoms with Gasteiger partial charge in [-0.25, -0.2) is 0 Å². The van der Waals surface area contributed by atoms with Crippen molar-refractivity contribution in [2.75, 3.05) is 19.0 Å². The lowest BCUT2D eigenvalue weighted by molar-refractivity contribution is 0.0695. The van der Waals surface area contributed by atoms with Gasteiger partial charge in [0, 0.05) is 17.7 Å². The molecule has 0 saturated heterocycles. The largest absolute Gasteiger partial charge is 0.497 e. The number of fused-ring (bicyclic) bond motifs is 1. The van der Waals surface area contributed by atoms with Gasteiger partial charge in [-0.05, 0) is 68.5 Å². The van der Waals surface area contributed by atoms with Crippen LogP contribution in [0.15, 0.2) is 55.1 Å². The molecule has 1 aliphatic rings. The van der Waals surface area contributed by atoms with Crippen LogP contribution in [0.5, 0.6) is 17.2 Å². The van der Waals surface area contributed by atoms with E-state index in [1.807, 2.05) is 42.5 Å². The summed E-state index contributed by atoms with van der Waals surface area (Å²) in [6.45, 7) is 8.28. The third-order valence-electron chi connectivity index (χ3n) is 4.46. The van der Waals surface area contributed by atoms with Crippen LogP contribution >= 0.6 is 12.2 Å². The van der Waals surface area contributed by atoms with Crippen LogP contribution in [0.2, 0.25) is 0 Å². The summed E-state index contributed by atoms with van der Waals surface area (Å²) in [6, 6.07) is 13.5. The van der Waals surface area contributed by atoms with Crippen molar-refractivity contribution in [3.63, 3.8) is 0 Å². The smallest absolute Gasteiger partial charge is 0.171 e. The van der Waals surface area contributed by atoms with Crippen LogP contribution < -0.4 is 24.8 Å². The maximum absolute atomic E-state index is 6.11. The standard InChI is InChI=1S/C22H26N2O3S/c1-5-12-26-16-8-6-15(7-9-16)23-21(28)24-19-14-22(2,3)27-20-11-10-17(25-4)13-18(19)20/h5-11,13,19H,1,12,14H2,2-4H3,(H2,23,24,28)/t19-/m1/s1. The quantitative estimate of drug-likeness (QED) is 0.536. The number of rotatable bonds is 6. The molecule has 0 aromatic heterocycles. The van der Waals surface area contributed by atoms with Crippen LogP contribution in [0.25, 0.3) is 0 Å². The molecule has 1 aliphatic heterocycles. The van der Waals surface area contributed by atoms with Gasteiger partial charge in [0.25, 0.3) is 0 Å². The Morgan fingerprint density at radius 3 is 2.64 bits per heavy atom. The molecular weight excluding hydrogens is 372 g/mol. The van der Waals surface area contributed by atoms with Crippen molar-refractivity contribution in [2.24, 2.45) is 0 Å². The van der Waals surface area contributed by atoms with Crippen LogP contribution in [-0.2, 0) is 0 Å². The molecule has 148 valence electrons. The second kappa shape index (κ2) is 8.52. The highest BCUT2D eigenvalue weighted by Crippen LogP contribution is 2.41. The van der Waals surface area contributed by atoms with E-state index in [1.54, 1.807) is 13.2 Å². The van der Waals surface area contributed by atoms with E-state index in [1.165, 1.54) is 0 Å². The Morgan fingerprint density at radius 2 is 1.96 bits per heavy atom. The summed E-state index contributed by atoms with van der Waals surface area (Å²) in [5.74, 6) is 2.43. The van der Waals surface area contributed by atoms with Crippen molar-refractivity contribution < 1.29 is 14.2 Å². The van der Waals surface area contributed by atoms with Crippen LogP contribution in [0, 0.1) is 0 Å². The molecule has 2 N–H and O–H groups in total. The summed E-state index contributed by atoms with van der Waals surface area (Å²) in [5.41, 5.74) is 1.63. The molecule has 0 bridgehead atoms. The number of thiocarbonyl (C=S) groups is 1. The maximum Gasteiger partial charge on any atom is 0.171 e. The van der Waals surface area contributed by atoms with Crippen LogP contribution in [0.1, 0.15) is 31.9 Å². The average molecular weight is 399 g/mol. The van der Waals surface area contributed by atoms with Crippen molar-refractivity contribution in [2.45, 2.75) is 31.9 Å². The van der Waals surface area contributed by atoms with Gasteiger partial charge in [0.15, 0.2) is 5.11 Å². The zero-order valence-corrected chi connectivity index (χ0v) is 17.3. The topological polar surface area (TPSA) is 51.8 Å². The number of ether oxygens (including phenoxy) is 3. The van der Waals surface area contributed by atoms with E-state index in [4.69, 9.17) is 26.4 Å². The molecule has 3 rings (SSSR count). The molecule has 0 spiro atoms. The number of anilines is 1. The fourth-order valence-electron chi connectivity index (χ4n) is 3.20. The van der Waals surface area contributed by atoms with E-state index in [9.17, 15) is 0 Å². The highest BCUT2D eigenvalue weighted by molar-refractivity contribution is 7.80. The lowest BCUT2D eigenvalue weighted by Gasteiger charge is -2.38. The van der Waals surface area contributed by atoms with Gasteiger partial charge in [0.2, 0.25) is 0 Å². The third kappa shape index (κ3) is 4.95. The molecule has 5 nitrogen and oxygen atoms in total. The van der Waals surface area contributed by atoms with Crippen LogP contribution in [0.4, 0.5) is 5.69 Å². The predicted molar refractivity (Wildman–Crippen MR) is 117 cm³/mol. The Morgan fingerprint density at radius 1 is 1.25 bits per heavy atom. The summed E-state index contributed by atoms with van der Waals surface area (Å²) < 4.78 is 17.0. The molecule has 2 aromatic carbocycles. The Balaban J connectivity index is 1.70. The molecule has 6 heteroatoms. The molecule has 2 aromatic rings. The van der Waals surface area contributed by atoms with Crippen LogP contribution in [-0.4, -0.2) is 24.4 Å². The first-order chi connectivity index (χ1) is 13.4. The molecule has 28 heavy (non-hydrogen) atoms. The first-order valence-electron chi connectivity index (χ1n) is 9.18. The third-order valence-corrected chi connectivity index (χ3v) is 4.68. The number of benzene rings is 2. The first kappa shape index (κ1) is 20.0. The second-order valence-electron chi connectivity index (χ2n) is 7.24. The van der Waals surface area contributed by atoms with Gasteiger partial charge in [-0.15, -0.1) is 0 Å². The molecular formula is C22H26N2O3S. The Bertz CT molecular complexity index is 849. The van der Waals surface area contributed by atoms with E-state index >= 15 is 0 Å². The zero-order valence-electron chi connectivity index (χ0n) is 16.5. The number of hydrogen-bond donors (Lipinski definition) is 2. The summed E-state index contributed by atoms with van der Waals surface area (Å²) >= 11 is 5.55. The zero-order chi connectivity index (χ0) is 20.1. The normalized spacial score (nSPS) is 16.9. The van der Waals surface area contributed by atoms with Gasteiger partial charge in [0.05, 0.1) is 13.2 Å². The molecule has 1 heterocycles. The van der Waals surface area contributed by atoms with Gasteiger partial charge < -0.3 is 24.8 Å². The summed E-state index contributed by atoms with van der Waals surface area (Å²) in [4.78, 5) is 0. The second-order valence-corrected chi connectivity index (χ2v) is 7.65. The van der Waals surface area contributed by atoms with Crippen molar-refractivity contribution in [1.29, 1.82) is 0 Å². The minimum Gasteiger partial charge on any atom is -0.497 e. The highest BCUT2D eigenvalue weighted by atomic mass is 32.1. The fourth-order valence-corrected chi connectivity index (χ4v) is 3.46. The van der Waals surface area contributed by atoms with Crippen LogP contribution in [0.3, 0.4) is 0 Å². The summed E-state index contributed by atoms with van der Waals surface area (Å²) in [7, 11) is 1.66. The van der Waals surface area contributed by atoms with Gasteiger partial charge in [-0.1, -0.05) is 12.7 Å². The molecule has 0 unspecified atom stereocenters. The SMILES string of the molecule is C=CCOc1ccc(NC(=S)N[C@@H]2CC(C)(C)Oc3ccc(OC)cc32)cc1. The van der Waals surface area contributed by atoms with Gasteiger partial charge in [0.1, 0.15) is 29.5 Å². The lowest BCUT2D eigenvalue weighted by atomic mass is 9.89. The number of methoxy groups -OCH3 is 1. The summed E-state index contributed by atoms with van der Waals surface area (Å²) in [5, 5.41) is 7.20. The summed E-state index contributed by atoms with van der Waals surface area (Å²) in [6.07, 6.45) is 2.50. The lowest BCUT2D eigenvalue weighted by Crippen LogP contribution is -2.42. The minimum absolute atomic E-state index is 0.0176. The van der Waals surface area contributed by atoms with E-state index in [0.29, 0.717) is 11.7 Å². The van der Waals surface area contributed by atoms with E-state index in [2.05, 4.69) is 31.1 Å². The number of nitrogens with one attached hydrogen (secondary N) is 2. The average Bonchev–Trinajstić information content (AvgIpc) is 2.66. The van der Waals surface area contributed by atoms with Crippen molar-refractivity contribution in [3.05, 3.63) is 60.7 Å². The molecule has 1 atom stereocenters. The van der Waals surface area contributed by atoms with E-state index in [-0.39, 0.29) is 11.6 Å². The Labute approximate surface area is 171 Å². The maximum atomic E-state index is 6.11. The predicted octanol–water partition coefficient (Wildman–Crippen LogP) is 4.85. The van der Waals surface area contributed by atoms with Gasteiger partial charge in [-0.2, -0.15) is 0 Å². The molecule has 0 fully saturated rings. The number of hydrogen-bond acceptors (Lipinski definition) is 4. The Kier molecular flexibility index (Phi) is 6.09. The van der Waals surface area contributed by atoms with E-state index < -0.39 is 0 Å². The molecule has 0 amide bonds. The van der Waals surface area contributed by atoms with Crippen molar-refractivity contribution in [3.8, 4) is 17.2 Å². The van der Waals surface area contributed by atoms with Crippen molar-refractivity contribution in [1.82, 2.24) is 5.32 Å². The fraction of sp³-hybridized carbons (Fsp3) is 0.318. The van der Waals surface area contributed by atoms with Gasteiger partial charge >= 0.3 is 0 Å². The van der Waals surface area contributed by atoms with Crippen molar-refractivity contribution >= 4 is 23.0 Å². The molecule has 0 radical (unpaired) electrons. The van der Waals surface area contributed by atoms with Gasteiger partial charge in [-0.3, -0.25) is 0 Å². The van der Waals surface area contributed by atoms with E-state index in [0.717, 1.165) is 34.9 Å². The molecule has 0 aliphatic carbocycles. The first-order valence-corrected chi connectivity index (χ1v) is 9.59. The highest BCUT2D eigenvalue weighted by Gasteiger charge is 2.34. The molecule has 0 saturated carbocycles.